The highest BCUT2D eigenvalue weighted by Crippen LogP contribution is 2.29. The van der Waals surface area contributed by atoms with Crippen LogP contribution >= 0.6 is 35.0 Å². The smallest absolute Gasteiger partial charge is 0.212 e. The van der Waals surface area contributed by atoms with Gasteiger partial charge in [-0.2, -0.15) is 9.78 Å². The molecule has 6 nitrogen and oxygen atoms in total. The number of aromatic nitrogens is 3. The predicted molar refractivity (Wildman–Crippen MR) is 133 cm³/mol. The van der Waals surface area contributed by atoms with Crippen molar-refractivity contribution in [2.45, 2.75) is 17.5 Å². The van der Waals surface area contributed by atoms with E-state index in [9.17, 15) is 0 Å². The van der Waals surface area contributed by atoms with Gasteiger partial charge in [0.25, 0.3) is 0 Å². The van der Waals surface area contributed by atoms with E-state index in [1.54, 1.807) is 24.3 Å². The summed E-state index contributed by atoms with van der Waals surface area (Å²) in [5.41, 5.74) is 2.77. The molecular formula is C24H20Cl2N4O2S. The molecule has 0 saturated heterocycles. The SMILES string of the molecule is COc1cc(/C=N/n2cnnc2SCc2ccccc2Cl)ccc1OCc1ccccc1Cl. The summed E-state index contributed by atoms with van der Waals surface area (Å²) in [4.78, 5) is 0. The largest absolute Gasteiger partial charge is 0.493 e. The van der Waals surface area contributed by atoms with E-state index in [1.165, 1.54) is 11.8 Å². The molecule has 0 fully saturated rings. The number of halogens is 2. The average Bonchev–Trinajstić information content (AvgIpc) is 3.29. The van der Waals surface area contributed by atoms with E-state index in [2.05, 4.69) is 15.3 Å². The van der Waals surface area contributed by atoms with Gasteiger partial charge >= 0.3 is 0 Å². The van der Waals surface area contributed by atoms with Crippen LogP contribution in [0.4, 0.5) is 0 Å². The van der Waals surface area contributed by atoms with Crippen molar-refractivity contribution < 1.29 is 9.47 Å². The summed E-state index contributed by atoms with van der Waals surface area (Å²) in [6, 6.07) is 20.9. The molecule has 1 heterocycles. The molecule has 9 heteroatoms. The number of thioether (sulfide) groups is 1. The van der Waals surface area contributed by atoms with Crippen LogP contribution in [0, 0.1) is 0 Å². The molecule has 0 unspecified atom stereocenters. The van der Waals surface area contributed by atoms with Crippen LogP contribution < -0.4 is 9.47 Å². The maximum Gasteiger partial charge on any atom is 0.212 e. The van der Waals surface area contributed by atoms with Gasteiger partial charge in [-0.05, 0) is 41.5 Å². The van der Waals surface area contributed by atoms with Gasteiger partial charge < -0.3 is 9.47 Å². The summed E-state index contributed by atoms with van der Waals surface area (Å²) < 4.78 is 13.0. The number of benzene rings is 3. The monoisotopic (exact) mass is 498 g/mol. The molecule has 0 amide bonds. The van der Waals surface area contributed by atoms with E-state index < -0.39 is 0 Å². The molecule has 0 N–H and O–H groups in total. The van der Waals surface area contributed by atoms with Gasteiger partial charge in [-0.15, -0.1) is 10.2 Å². The van der Waals surface area contributed by atoms with Gasteiger partial charge in [0.05, 0.1) is 13.3 Å². The molecule has 3 aromatic carbocycles. The fourth-order valence-corrected chi connectivity index (χ4v) is 4.27. The third-order valence-corrected chi connectivity index (χ3v) is 6.39. The van der Waals surface area contributed by atoms with Crippen molar-refractivity contribution in [2.24, 2.45) is 5.10 Å². The Balaban J connectivity index is 1.43. The van der Waals surface area contributed by atoms with Crippen LogP contribution in [0.5, 0.6) is 11.5 Å². The number of rotatable bonds is 9. The van der Waals surface area contributed by atoms with Crippen LogP contribution in [0.25, 0.3) is 0 Å². The number of hydrogen-bond donors (Lipinski definition) is 0. The van der Waals surface area contributed by atoms with Gasteiger partial charge in [-0.3, -0.25) is 0 Å². The summed E-state index contributed by atoms with van der Waals surface area (Å²) in [6.07, 6.45) is 3.27. The Kier molecular flexibility index (Phi) is 7.88. The summed E-state index contributed by atoms with van der Waals surface area (Å²) >= 11 is 14.0. The van der Waals surface area contributed by atoms with Gasteiger partial charge in [0.1, 0.15) is 12.9 Å². The second kappa shape index (κ2) is 11.2. The van der Waals surface area contributed by atoms with Gasteiger partial charge in [-0.1, -0.05) is 71.4 Å². The minimum Gasteiger partial charge on any atom is -0.493 e. The first-order valence-corrected chi connectivity index (χ1v) is 11.7. The van der Waals surface area contributed by atoms with E-state index in [0.717, 1.165) is 21.7 Å². The number of ether oxygens (including phenoxy) is 2. The molecule has 0 saturated carbocycles. The van der Waals surface area contributed by atoms with Crippen molar-refractivity contribution in [1.82, 2.24) is 14.9 Å². The average molecular weight is 499 g/mol. The third kappa shape index (κ3) is 6.07. The van der Waals surface area contributed by atoms with Crippen LogP contribution in [0.1, 0.15) is 16.7 Å². The Hall–Kier alpha value is -3.00. The van der Waals surface area contributed by atoms with Crippen LogP contribution in [0.3, 0.4) is 0 Å². The van der Waals surface area contributed by atoms with E-state index >= 15 is 0 Å². The lowest BCUT2D eigenvalue weighted by Gasteiger charge is -2.12. The Labute approximate surface area is 206 Å². The van der Waals surface area contributed by atoms with Crippen LogP contribution in [-0.4, -0.2) is 28.2 Å². The van der Waals surface area contributed by atoms with Crippen LogP contribution in [0.15, 0.2) is 83.3 Å². The van der Waals surface area contributed by atoms with E-state index in [0.29, 0.717) is 34.0 Å². The highest BCUT2D eigenvalue weighted by Gasteiger charge is 2.09. The Morgan fingerprint density at radius 3 is 2.42 bits per heavy atom. The third-order valence-electron chi connectivity index (χ3n) is 4.67. The molecule has 0 spiro atoms. The van der Waals surface area contributed by atoms with Crippen molar-refractivity contribution in [1.29, 1.82) is 0 Å². The Morgan fingerprint density at radius 1 is 0.970 bits per heavy atom. The molecule has 0 aliphatic carbocycles. The molecule has 33 heavy (non-hydrogen) atoms. The molecule has 0 aliphatic rings. The molecule has 168 valence electrons. The maximum absolute atomic E-state index is 6.24. The molecule has 1 aromatic heterocycles. The van der Waals surface area contributed by atoms with E-state index in [-0.39, 0.29) is 0 Å². The minimum absolute atomic E-state index is 0.343. The second-order valence-electron chi connectivity index (χ2n) is 6.87. The van der Waals surface area contributed by atoms with Gasteiger partial charge in [-0.25, -0.2) is 0 Å². The van der Waals surface area contributed by atoms with Crippen molar-refractivity contribution in [3.63, 3.8) is 0 Å². The molecule has 4 rings (SSSR count). The second-order valence-corrected chi connectivity index (χ2v) is 8.63. The lowest BCUT2D eigenvalue weighted by atomic mass is 10.2. The first kappa shape index (κ1) is 23.2. The molecular weight excluding hydrogens is 479 g/mol. The molecule has 0 bridgehead atoms. The predicted octanol–water partition coefficient (Wildman–Crippen LogP) is 6.35. The van der Waals surface area contributed by atoms with E-state index in [1.807, 2.05) is 66.7 Å². The molecule has 0 atom stereocenters. The van der Waals surface area contributed by atoms with Gasteiger partial charge in [0, 0.05) is 21.4 Å². The Bertz CT molecular complexity index is 1260. The zero-order valence-electron chi connectivity index (χ0n) is 17.7. The number of methoxy groups -OCH3 is 1. The molecule has 0 aliphatic heterocycles. The zero-order chi connectivity index (χ0) is 23.0. The van der Waals surface area contributed by atoms with E-state index in [4.69, 9.17) is 32.7 Å². The van der Waals surface area contributed by atoms with Crippen molar-refractivity contribution in [3.05, 3.63) is 99.8 Å². The van der Waals surface area contributed by atoms with Crippen molar-refractivity contribution >= 4 is 41.2 Å². The summed E-state index contributed by atoms with van der Waals surface area (Å²) in [5, 5.41) is 14.6. The van der Waals surface area contributed by atoms with Crippen LogP contribution in [0.2, 0.25) is 10.0 Å². The summed E-state index contributed by atoms with van der Waals surface area (Å²) in [7, 11) is 1.60. The fraction of sp³-hybridized carbons (Fsp3) is 0.125. The first-order chi connectivity index (χ1) is 16.1. The topological polar surface area (TPSA) is 61.5 Å². The Morgan fingerprint density at radius 2 is 1.70 bits per heavy atom. The quantitative estimate of drug-likeness (QED) is 0.199. The summed E-state index contributed by atoms with van der Waals surface area (Å²) in [5.74, 6) is 1.89. The summed E-state index contributed by atoms with van der Waals surface area (Å²) in [6.45, 7) is 0.343. The molecule has 0 radical (unpaired) electrons. The zero-order valence-corrected chi connectivity index (χ0v) is 20.0. The lowest BCUT2D eigenvalue weighted by Crippen LogP contribution is -1.99. The van der Waals surface area contributed by atoms with Crippen molar-refractivity contribution in [3.8, 4) is 11.5 Å². The van der Waals surface area contributed by atoms with Gasteiger partial charge in [0.15, 0.2) is 11.5 Å². The fourth-order valence-electron chi connectivity index (χ4n) is 2.93. The van der Waals surface area contributed by atoms with Gasteiger partial charge in [0.2, 0.25) is 5.16 Å². The normalized spacial score (nSPS) is 11.1. The molecule has 4 aromatic rings. The lowest BCUT2D eigenvalue weighted by molar-refractivity contribution is 0.284. The van der Waals surface area contributed by atoms with Crippen LogP contribution in [-0.2, 0) is 12.4 Å². The number of hydrogen-bond acceptors (Lipinski definition) is 6. The standard InChI is InChI=1S/C24H20Cl2N4O2S/c1-31-23-12-17(10-11-22(23)32-14-18-6-2-4-8-20(18)25)13-28-30-16-27-29-24(30)33-15-19-7-3-5-9-21(19)26/h2-13,16H,14-15H2,1H3/b28-13+. The minimum atomic E-state index is 0.343. The van der Waals surface area contributed by atoms with Crippen molar-refractivity contribution in [2.75, 3.05) is 7.11 Å². The highest BCUT2D eigenvalue weighted by atomic mass is 35.5. The maximum atomic E-state index is 6.24. The number of nitrogens with zero attached hydrogens (tertiary/aromatic N) is 4. The first-order valence-electron chi connectivity index (χ1n) is 9.99. The highest BCUT2D eigenvalue weighted by molar-refractivity contribution is 7.98.